The van der Waals surface area contributed by atoms with Gasteiger partial charge in [-0.3, -0.25) is 19.3 Å². The summed E-state index contributed by atoms with van der Waals surface area (Å²) in [5.74, 6) is -0.629. The molecule has 4 rings (SSSR count). The highest BCUT2D eigenvalue weighted by molar-refractivity contribution is 7.89. The molecule has 2 fully saturated rings. The van der Waals surface area contributed by atoms with Crippen molar-refractivity contribution in [3.63, 3.8) is 0 Å². The molecule has 174 valence electrons. The molecule has 0 bridgehead atoms. The molecule has 10 heteroatoms. The van der Waals surface area contributed by atoms with E-state index in [2.05, 4.69) is 5.32 Å². The third-order valence-corrected chi connectivity index (χ3v) is 7.61. The summed E-state index contributed by atoms with van der Waals surface area (Å²) in [7, 11) is -3.55. The van der Waals surface area contributed by atoms with E-state index < -0.39 is 10.0 Å². The molecule has 2 aliphatic heterocycles. The van der Waals surface area contributed by atoms with E-state index in [9.17, 15) is 22.8 Å². The Morgan fingerprint density at radius 2 is 1.45 bits per heavy atom. The lowest BCUT2D eigenvalue weighted by molar-refractivity contribution is -0.139. The minimum Gasteiger partial charge on any atom is -0.379 e. The Kier molecular flexibility index (Phi) is 6.87. The predicted molar refractivity (Wildman–Crippen MR) is 118 cm³/mol. The molecule has 0 spiro atoms. The summed E-state index contributed by atoms with van der Waals surface area (Å²) >= 11 is 0. The number of nitrogens with zero attached hydrogens (tertiary/aromatic N) is 2. The Balaban J connectivity index is 1.32. The zero-order chi connectivity index (χ0) is 23.4. The first kappa shape index (κ1) is 23.1. The van der Waals surface area contributed by atoms with Crippen molar-refractivity contribution in [1.82, 2.24) is 14.5 Å². The Morgan fingerprint density at radius 1 is 0.879 bits per heavy atom. The minimum atomic E-state index is -3.55. The van der Waals surface area contributed by atoms with Crippen LogP contribution >= 0.6 is 0 Å². The fourth-order valence-electron chi connectivity index (χ4n) is 3.74. The van der Waals surface area contributed by atoms with E-state index in [4.69, 9.17) is 4.74 Å². The zero-order valence-electron chi connectivity index (χ0n) is 18.0. The van der Waals surface area contributed by atoms with Gasteiger partial charge in [-0.1, -0.05) is 24.3 Å². The van der Waals surface area contributed by atoms with Gasteiger partial charge in [-0.05, 0) is 35.4 Å². The molecule has 0 aliphatic carbocycles. The fraction of sp³-hybridized carbons (Fsp3) is 0.348. The Morgan fingerprint density at radius 3 is 2.06 bits per heavy atom. The monoisotopic (exact) mass is 471 g/mol. The van der Waals surface area contributed by atoms with Gasteiger partial charge in [0.15, 0.2) is 0 Å². The first-order valence-electron chi connectivity index (χ1n) is 10.7. The molecule has 0 unspecified atom stereocenters. The van der Waals surface area contributed by atoms with Crippen molar-refractivity contribution in [2.24, 2.45) is 0 Å². The van der Waals surface area contributed by atoms with Crippen LogP contribution in [-0.2, 0) is 37.4 Å². The van der Waals surface area contributed by atoms with E-state index in [1.54, 1.807) is 48.5 Å². The molecule has 0 aromatic heterocycles. The van der Waals surface area contributed by atoms with Crippen LogP contribution in [-0.4, -0.2) is 61.6 Å². The number of hydrogen-bond acceptors (Lipinski definition) is 6. The summed E-state index contributed by atoms with van der Waals surface area (Å²) in [6.07, 6.45) is 0.499. The van der Waals surface area contributed by atoms with Crippen LogP contribution < -0.4 is 5.32 Å². The van der Waals surface area contributed by atoms with Crippen molar-refractivity contribution in [2.75, 3.05) is 26.3 Å². The molecule has 2 saturated heterocycles. The summed E-state index contributed by atoms with van der Waals surface area (Å²) in [6.45, 7) is 1.90. The molecule has 2 aliphatic rings. The molecule has 0 saturated carbocycles. The number of morpholine rings is 1. The van der Waals surface area contributed by atoms with Crippen molar-refractivity contribution in [1.29, 1.82) is 0 Å². The van der Waals surface area contributed by atoms with Crippen LogP contribution in [0.4, 0.5) is 0 Å². The molecule has 9 nitrogen and oxygen atoms in total. The van der Waals surface area contributed by atoms with Crippen LogP contribution in [0, 0.1) is 0 Å². The van der Waals surface area contributed by atoms with Crippen LogP contribution in [0.5, 0.6) is 0 Å². The molecular formula is C23H25N3O6S. The average Bonchev–Trinajstić information content (AvgIpc) is 3.16. The number of amides is 3. The van der Waals surface area contributed by atoms with E-state index in [1.165, 1.54) is 9.21 Å². The van der Waals surface area contributed by atoms with Crippen LogP contribution in [0.3, 0.4) is 0 Å². The number of sulfonamides is 1. The zero-order valence-corrected chi connectivity index (χ0v) is 18.8. The van der Waals surface area contributed by atoms with E-state index in [0.717, 1.165) is 11.1 Å². The molecule has 1 N–H and O–H groups in total. The molecular weight excluding hydrogens is 446 g/mol. The van der Waals surface area contributed by atoms with E-state index in [0.29, 0.717) is 31.9 Å². The van der Waals surface area contributed by atoms with Crippen LogP contribution in [0.1, 0.15) is 34.3 Å². The number of carbonyl (C=O) groups excluding carboxylic acids is 3. The number of rotatable bonds is 7. The van der Waals surface area contributed by atoms with Crippen LogP contribution in [0.25, 0.3) is 0 Å². The van der Waals surface area contributed by atoms with Crippen LogP contribution in [0.2, 0.25) is 0 Å². The quantitative estimate of drug-likeness (QED) is 0.609. The number of likely N-dealkylation sites (tertiary alicyclic amines) is 1. The standard InChI is InChI=1S/C23H25N3O6S/c27-21-9-10-22(28)26(21)16-18-1-5-19(6-2-18)23(29)24-15-17-3-7-20(8-4-17)33(30,31)25-11-13-32-14-12-25/h1-8H,9-16H2,(H,24,29). The molecule has 0 radical (unpaired) electrons. The number of nitrogens with one attached hydrogen (secondary N) is 1. The topological polar surface area (TPSA) is 113 Å². The second-order valence-electron chi connectivity index (χ2n) is 7.91. The Bertz CT molecular complexity index is 1120. The second-order valence-corrected chi connectivity index (χ2v) is 9.85. The molecule has 2 aromatic carbocycles. The van der Waals surface area contributed by atoms with Crippen LogP contribution in [0.15, 0.2) is 53.4 Å². The van der Waals surface area contributed by atoms with Gasteiger partial charge < -0.3 is 10.1 Å². The number of imide groups is 1. The summed E-state index contributed by atoms with van der Waals surface area (Å²) in [5.41, 5.74) is 1.99. The summed E-state index contributed by atoms with van der Waals surface area (Å²) in [6, 6.07) is 13.2. The lowest BCUT2D eigenvalue weighted by Crippen LogP contribution is -2.40. The average molecular weight is 472 g/mol. The maximum atomic E-state index is 12.7. The van der Waals surface area contributed by atoms with Gasteiger partial charge in [-0.15, -0.1) is 0 Å². The van der Waals surface area contributed by atoms with Gasteiger partial charge in [0.05, 0.1) is 24.7 Å². The first-order chi connectivity index (χ1) is 15.8. The van der Waals surface area contributed by atoms with E-state index in [1.807, 2.05) is 0 Å². The lowest BCUT2D eigenvalue weighted by Gasteiger charge is -2.26. The summed E-state index contributed by atoms with van der Waals surface area (Å²) in [4.78, 5) is 37.4. The summed E-state index contributed by atoms with van der Waals surface area (Å²) in [5, 5.41) is 2.81. The Hall–Kier alpha value is -3.08. The van der Waals surface area contributed by atoms with E-state index in [-0.39, 0.29) is 48.5 Å². The molecule has 33 heavy (non-hydrogen) atoms. The highest BCUT2D eigenvalue weighted by atomic mass is 32.2. The number of benzene rings is 2. The number of carbonyl (C=O) groups is 3. The normalized spacial score (nSPS) is 17.4. The summed E-state index contributed by atoms with van der Waals surface area (Å²) < 4.78 is 32.0. The van der Waals surface area contributed by atoms with Crippen molar-refractivity contribution in [3.05, 3.63) is 65.2 Å². The number of ether oxygens (including phenoxy) is 1. The van der Waals surface area contributed by atoms with E-state index >= 15 is 0 Å². The Labute approximate surface area is 192 Å². The molecule has 2 heterocycles. The maximum absolute atomic E-state index is 12.7. The molecule has 3 amide bonds. The molecule has 2 aromatic rings. The molecule has 0 atom stereocenters. The highest BCUT2D eigenvalue weighted by Crippen LogP contribution is 2.18. The third kappa shape index (κ3) is 5.29. The maximum Gasteiger partial charge on any atom is 0.251 e. The van der Waals surface area contributed by atoms with Crippen molar-refractivity contribution in [2.45, 2.75) is 30.8 Å². The van der Waals surface area contributed by atoms with Gasteiger partial charge in [0.25, 0.3) is 5.91 Å². The number of hydrogen-bond donors (Lipinski definition) is 1. The lowest BCUT2D eigenvalue weighted by atomic mass is 10.1. The van der Waals surface area contributed by atoms with Gasteiger partial charge in [0.1, 0.15) is 0 Å². The smallest absolute Gasteiger partial charge is 0.251 e. The highest BCUT2D eigenvalue weighted by Gasteiger charge is 2.29. The first-order valence-corrected chi connectivity index (χ1v) is 12.2. The minimum absolute atomic E-state index is 0.175. The predicted octanol–water partition coefficient (Wildman–Crippen LogP) is 1.29. The fourth-order valence-corrected chi connectivity index (χ4v) is 5.15. The van der Waals surface area contributed by atoms with Crippen molar-refractivity contribution in [3.8, 4) is 0 Å². The third-order valence-electron chi connectivity index (χ3n) is 5.70. The van der Waals surface area contributed by atoms with Crippen molar-refractivity contribution < 1.29 is 27.5 Å². The van der Waals surface area contributed by atoms with Gasteiger partial charge >= 0.3 is 0 Å². The second kappa shape index (κ2) is 9.82. The largest absolute Gasteiger partial charge is 0.379 e. The van der Waals surface area contributed by atoms with Crippen molar-refractivity contribution >= 4 is 27.7 Å². The van der Waals surface area contributed by atoms with Gasteiger partial charge in [-0.2, -0.15) is 4.31 Å². The van der Waals surface area contributed by atoms with Gasteiger partial charge in [0, 0.05) is 38.0 Å². The van der Waals surface area contributed by atoms with Gasteiger partial charge in [0.2, 0.25) is 21.8 Å². The SMILES string of the molecule is O=C(NCc1ccc(S(=O)(=O)N2CCOCC2)cc1)c1ccc(CN2C(=O)CCC2=O)cc1. The van der Waals surface area contributed by atoms with Gasteiger partial charge in [-0.25, -0.2) is 8.42 Å².